The van der Waals surface area contributed by atoms with Gasteiger partial charge in [0.05, 0.1) is 18.2 Å². The lowest BCUT2D eigenvalue weighted by Crippen LogP contribution is -2.19. The number of hydrogen-bond acceptors (Lipinski definition) is 4. The fraction of sp³-hybridized carbons (Fsp3) is 0.417. The molecule has 5 nitrogen and oxygen atoms in total. The fourth-order valence-electron chi connectivity index (χ4n) is 1.27. The van der Waals surface area contributed by atoms with Crippen molar-refractivity contribution in [2.75, 3.05) is 32.2 Å². The quantitative estimate of drug-likeness (QED) is 0.750. The third kappa shape index (κ3) is 6.14. The summed E-state index contributed by atoms with van der Waals surface area (Å²) < 4.78 is 38.0. The van der Waals surface area contributed by atoms with Gasteiger partial charge in [0.25, 0.3) is 0 Å². The van der Waals surface area contributed by atoms with Gasteiger partial charge in [-0.1, -0.05) is 11.6 Å². The van der Waals surface area contributed by atoms with E-state index in [1.54, 1.807) is 0 Å². The van der Waals surface area contributed by atoms with Crippen LogP contribution in [0.3, 0.4) is 0 Å². The molecule has 8 heteroatoms. The summed E-state index contributed by atoms with van der Waals surface area (Å²) in [5.41, 5.74) is 0.358. The van der Waals surface area contributed by atoms with E-state index in [0.29, 0.717) is 18.9 Å². The van der Waals surface area contributed by atoms with Crippen LogP contribution in [0.2, 0.25) is 5.02 Å². The highest BCUT2D eigenvalue weighted by atomic mass is 35.5. The first-order valence-electron chi connectivity index (χ1n) is 5.64. The van der Waals surface area contributed by atoms with Crippen molar-refractivity contribution in [1.29, 1.82) is 0 Å². The Hall–Kier alpha value is -1.44. The van der Waals surface area contributed by atoms with Gasteiger partial charge in [-0.15, -0.1) is 0 Å². The maximum Gasteiger partial charge on any atom is 0.387 e. The van der Waals surface area contributed by atoms with Gasteiger partial charge < -0.3 is 19.5 Å². The van der Waals surface area contributed by atoms with Gasteiger partial charge in [0, 0.05) is 12.8 Å². The Labute approximate surface area is 119 Å². The summed E-state index contributed by atoms with van der Waals surface area (Å²) in [5.74, 6) is -0.546. The van der Waals surface area contributed by atoms with E-state index in [9.17, 15) is 13.6 Å². The first-order chi connectivity index (χ1) is 9.52. The van der Waals surface area contributed by atoms with E-state index in [-0.39, 0.29) is 23.3 Å². The van der Waals surface area contributed by atoms with Gasteiger partial charge in [0.1, 0.15) is 12.4 Å². The topological polar surface area (TPSA) is 56.8 Å². The summed E-state index contributed by atoms with van der Waals surface area (Å²) >= 11 is 5.75. The predicted octanol–water partition coefficient (Wildman–Crippen LogP) is 2.54. The third-order valence-corrected chi connectivity index (χ3v) is 2.39. The van der Waals surface area contributed by atoms with Gasteiger partial charge in [-0.25, -0.2) is 0 Å². The molecule has 112 valence electrons. The number of halogens is 3. The second-order valence-corrected chi connectivity index (χ2v) is 4.02. The zero-order valence-corrected chi connectivity index (χ0v) is 11.5. The summed E-state index contributed by atoms with van der Waals surface area (Å²) in [6.07, 6.45) is 0. The number of nitrogens with one attached hydrogen (secondary N) is 1. The SMILES string of the molecule is COCCOCC(=O)Nc1ccc(OC(F)F)c(Cl)c1. The predicted molar refractivity (Wildman–Crippen MR) is 69.4 cm³/mol. The summed E-state index contributed by atoms with van der Waals surface area (Å²) in [5, 5.41) is 2.48. The van der Waals surface area contributed by atoms with E-state index in [2.05, 4.69) is 10.1 Å². The smallest absolute Gasteiger partial charge is 0.387 e. The van der Waals surface area contributed by atoms with E-state index in [0.717, 1.165) is 0 Å². The van der Waals surface area contributed by atoms with Gasteiger partial charge in [0.2, 0.25) is 5.91 Å². The number of amides is 1. The molecule has 0 fully saturated rings. The van der Waals surface area contributed by atoms with Crippen molar-refractivity contribution >= 4 is 23.2 Å². The molecule has 1 aromatic carbocycles. The molecule has 0 unspecified atom stereocenters. The first kappa shape index (κ1) is 16.6. The molecule has 1 rings (SSSR count). The zero-order chi connectivity index (χ0) is 15.0. The van der Waals surface area contributed by atoms with Crippen LogP contribution in [0.15, 0.2) is 18.2 Å². The standard InChI is InChI=1S/C12H14ClF2NO4/c1-18-4-5-19-7-11(17)16-8-2-3-10(9(13)6-8)20-12(14)15/h2-3,6,12H,4-5,7H2,1H3,(H,16,17). The molecule has 0 saturated carbocycles. The van der Waals surface area contributed by atoms with E-state index in [1.165, 1.54) is 25.3 Å². The van der Waals surface area contributed by atoms with Gasteiger partial charge in [-0.2, -0.15) is 8.78 Å². The number of alkyl halides is 2. The van der Waals surface area contributed by atoms with Crippen molar-refractivity contribution in [3.05, 3.63) is 23.2 Å². The van der Waals surface area contributed by atoms with Gasteiger partial charge >= 0.3 is 6.61 Å². The van der Waals surface area contributed by atoms with Crippen molar-refractivity contribution in [1.82, 2.24) is 0 Å². The molecule has 0 spiro atoms. The van der Waals surface area contributed by atoms with E-state index in [4.69, 9.17) is 21.1 Å². The van der Waals surface area contributed by atoms with Crippen LogP contribution in [0, 0.1) is 0 Å². The highest BCUT2D eigenvalue weighted by Gasteiger charge is 2.10. The molecule has 1 N–H and O–H groups in total. The zero-order valence-electron chi connectivity index (χ0n) is 10.7. The maximum atomic E-state index is 12.0. The highest BCUT2D eigenvalue weighted by Crippen LogP contribution is 2.28. The number of benzene rings is 1. The molecule has 0 radical (unpaired) electrons. The second kappa shape index (κ2) is 8.68. The average molecular weight is 310 g/mol. The minimum Gasteiger partial charge on any atom is -0.433 e. The third-order valence-electron chi connectivity index (χ3n) is 2.10. The van der Waals surface area contributed by atoms with E-state index < -0.39 is 6.61 Å². The van der Waals surface area contributed by atoms with Crippen LogP contribution in [0.25, 0.3) is 0 Å². The van der Waals surface area contributed by atoms with E-state index in [1.807, 2.05) is 0 Å². The van der Waals surface area contributed by atoms with Crippen LogP contribution in [-0.4, -0.2) is 39.4 Å². The summed E-state index contributed by atoms with van der Waals surface area (Å²) in [6, 6.07) is 3.96. The van der Waals surface area contributed by atoms with Crippen molar-refractivity contribution < 1.29 is 27.8 Å². The number of carbonyl (C=O) groups excluding carboxylic acids is 1. The Bertz CT molecular complexity index is 445. The molecule has 0 aromatic heterocycles. The first-order valence-corrected chi connectivity index (χ1v) is 6.01. The number of anilines is 1. The van der Waals surface area contributed by atoms with Crippen LogP contribution in [-0.2, 0) is 14.3 Å². The molecule has 0 aliphatic heterocycles. The van der Waals surface area contributed by atoms with Crippen molar-refractivity contribution in [3.8, 4) is 5.75 Å². The number of rotatable bonds is 8. The minimum absolute atomic E-state index is 0.0246. The fourth-order valence-corrected chi connectivity index (χ4v) is 1.50. The van der Waals surface area contributed by atoms with Crippen molar-refractivity contribution in [2.24, 2.45) is 0 Å². The lowest BCUT2D eigenvalue weighted by molar-refractivity contribution is -0.121. The molecule has 0 atom stereocenters. The normalized spacial score (nSPS) is 10.7. The molecule has 0 bridgehead atoms. The summed E-state index contributed by atoms with van der Waals surface area (Å²) in [6.45, 7) is -2.41. The van der Waals surface area contributed by atoms with E-state index >= 15 is 0 Å². The second-order valence-electron chi connectivity index (χ2n) is 3.62. The van der Waals surface area contributed by atoms with Crippen LogP contribution in [0.4, 0.5) is 14.5 Å². The van der Waals surface area contributed by atoms with Gasteiger partial charge in [0.15, 0.2) is 0 Å². The molecule has 0 saturated heterocycles. The number of carbonyl (C=O) groups is 1. The molecule has 1 amide bonds. The Morgan fingerprint density at radius 3 is 2.75 bits per heavy atom. The number of hydrogen-bond donors (Lipinski definition) is 1. The van der Waals surface area contributed by atoms with Gasteiger partial charge in [-0.05, 0) is 18.2 Å². The molecule has 0 heterocycles. The Morgan fingerprint density at radius 2 is 2.15 bits per heavy atom. The maximum absolute atomic E-state index is 12.0. The molecule has 20 heavy (non-hydrogen) atoms. The Kier molecular flexibility index (Phi) is 7.21. The number of ether oxygens (including phenoxy) is 3. The molecule has 0 aliphatic carbocycles. The highest BCUT2D eigenvalue weighted by molar-refractivity contribution is 6.32. The minimum atomic E-state index is -2.96. The largest absolute Gasteiger partial charge is 0.433 e. The Morgan fingerprint density at radius 1 is 1.40 bits per heavy atom. The lowest BCUT2D eigenvalue weighted by Gasteiger charge is -2.09. The van der Waals surface area contributed by atoms with Crippen molar-refractivity contribution in [2.45, 2.75) is 6.61 Å². The van der Waals surface area contributed by atoms with Gasteiger partial charge in [-0.3, -0.25) is 4.79 Å². The lowest BCUT2D eigenvalue weighted by atomic mass is 10.3. The number of methoxy groups -OCH3 is 1. The molecule has 0 aliphatic rings. The average Bonchev–Trinajstić information content (AvgIpc) is 2.37. The van der Waals surface area contributed by atoms with Crippen LogP contribution in [0.1, 0.15) is 0 Å². The Balaban J connectivity index is 2.48. The van der Waals surface area contributed by atoms with Crippen LogP contribution >= 0.6 is 11.6 Å². The summed E-state index contributed by atoms with van der Waals surface area (Å²) in [4.78, 5) is 11.5. The monoisotopic (exact) mass is 309 g/mol. The van der Waals surface area contributed by atoms with Crippen LogP contribution < -0.4 is 10.1 Å². The van der Waals surface area contributed by atoms with Crippen molar-refractivity contribution in [3.63, 3.8) is 0 Å². The molecular weight excluding hydrogens is 296 g/mol. The molecular formula is C12H14ClF2NO4. The van der Waals surface area contributed by atoms with Crippen LogP contribution in [0.5, 0.6) is 5.75 Å². The summed E-state index contributed by atoms with van der Waals surface area (Å²) in [7, 11) is 1.52. The molecule has 1 aromatic rings.